The van der Waals surface area contributed by atoms with Gasteiger partial charge in [0.1, 0.15) is 6.04 Å². The number of piperidine rings is 1. The minimum Gasteiger partial charge on any atom is -0.372 e. The van der Waals surface area contributed by atoms with Crippen molar-refractivity contribution in [1.82, 2.24) is 14.8 Å². The fraction of sp³-hybridized carbons (Fsp3) is 0.455. The second-order valence-electron chi connectivity index (χ2n) is 7.44. The van der Waals surface area contributed by atoms with Gasteiger partial charge in [0.15, 0.2) is 0 Å². The van der Waals surface area contributed by atoms with Crippen LogP contribution in [0.1, 0.15) is 35.7 Å². The molecule has 0 radical (unpaired) electrons. The quantitative estimate of drug-likeness (QED) is 0.787. The highest BCUT2D eigenvalue weighted by atomic mass is 16.5. The Morgan fingerprint density at radius 2 is 2.00 bits per heavy atom. The maximum Gasteiger partial charge on any atom is 0.244 e. The Kier molecular flexibility index (Phi) is 6.58. The van der Waals surface area contributed by atoms with Crippen LogP contribution in [0.2, 0.25) is 0 Å². The Morgan fingerprint density at radius 1 is 1.22 bits per heavy atom. The number of pyridine rings is 1. The Morgan fingerprint density at radius 3 is 2.63 bits per heavy atom. The van der Waals surface area contributed by atoms with Crippen LogP contribution in [-0.2, 0) is 16.1 Å². The lowest BCUT2D eigenvalue weighted by atomic mass is 10.0. The zero-order valence-corrected chi connectivity index (χ0v) is 16.5. The summed E-state index contributed by atoms with van der Waals surface area (Å²) < 4.78 is 5.99. The number of benzene rings is 1. The van der Waals surface area contributed by atoms with Gasteiger partial charge in [0.05, 0.1) is 18.4 Å². The molecular formula is C22H29N3O2. The lowest BCUT2D eigenvalue weighted by Gasteiger charge is -2.36. The highest BCUT2D eigenvalue weighted by Crippen LogP contribution is 2.24. The number of aromatic nitrogens is 1. The van der Waals surface area contributed by atoms with Crippen LogP contribution in [0.5, 0.6) is 0 Å². The molecule has 1 fully saturated rings. The number of aryl methyl sites for hydroxylation is 1. The molecule has 1 aliphatic heterocycles. The number of hydrogen-bond acceptors (Lipinski definition) is 4. The van der Waals surface area contributed by atoms with E-state index in [-0.39, 0.29) is 18.1 Å². The molecule has 0 spiro atoms. The molecule has 2 heterocycles. The van der Waals surface area contributed by atoms with Crippen LogP contribution in [-0.4, -0.2) is 54.0 Å². The molecule has 1 atom stereocenters. The molecule has 0 aliphatic carbocycles. The summed E-state index contributed by atoms with van der Waals surface area (Å²) in [5.74, 6) is 0.175. The molecule has 0 N–H and O–H groups in total. The third-order valence-electron chi connectivity index (χ3n) is 5.05. The molecule has 27 heavy (non-hydrogen) atoms. The highest BCUT2D eigenvalue weighted by Gasteiger charge is 2.30. The predicted octanol–water partition coefficient (Wildman–Crippen LogP) is 3.20. The van der Waals surface area contributed by atoms with Gasteiger partial charge >= 0.3 is 0 Å². The number of carbonyl (C=O) groups excluding carboxylic acids is 1. The van der Waals surface area contributed by atoms with Crippen LogP contribution in [0.15, 0.2) is 48.7 Å². The smallest absolute Gasteiger partial charge is 0.244 e. The molecule has 0 bridgehead atoms. The first kappa shape index (κ1) is 19.5. The van der Waals surface area contributed by atoms with Crippen LogP contribution in [0.25, 0.3) is 0 Å². The predicted molar refractivity (Wildman–Crippen MR) is 106 cm³/mol. The fourth-order valence-corrected chi connectivity index (χ4v) is 3.60. The molecule has 5 nitrogen and oxygen atoms in total. The molecule has 1 aromatic heterocycles. The van der Waals surface area contributed by atoms with Gasteiger partial charge in [-0.25, -0.2) is 0 Å². The van der Waals surface area contributed by atoms with Crippen LogP contribution >= 0.6 is 0 Å². The van der Waals surface area contributed by atoms with Crippen LogP contribution in [0.4, 0.5) is 0 Å². The van der Waals surface area contributed by atoms with E-state index in [1.54, 1.807) is 6.20 Å². The van der Waals surface area contributed by atoms with Crippen molar-refractivity contribution < 1.29 is 9.53 Å². The minimum atomic E-state index is -0.240. The standard InChI is InChI=1S/C22H29N3O2/c1-17-7-6-8-18(15-17)21(24(2)3)22(26)25-13-10-20(11-14-25)27-16-19-9-4-5-12-23-19/h4-9,12,15,20-21H,10-11,13-14,16H2,1-3H3/t21-/m1/s1. The first-order valence-corrected chi connectivity index (χ1v) is 9.58. The lowest BCUT2D eigenvalue weighted by molar-refractivity contribution is -0.139. The molecule has 0 saturated carbocycles. The number of nitrogens with zero attached hydrogens (tertiary/aromatic N) is 3. The molecular weight excluding hydrogens is 338 g/mol. The van der Waals surface area contributed by atoms with Gasteiger partial charge in [0, 0.05) is 19.3 Å². The van der Waals surface area contributed by atoms with Crippen molar-refractivity contribution in [2.45, 2.75) is 38.5 Å². The van der Waals surface area contributed by atoms with Gasteiger partial charge in [-0.05, 0) is 51.6 Å². The summed E-state index contributed by atoms with van der Waals surface area (Å²) in [5, 5.41) is 0. The average Bonchev–Trinajstić information content (AvgIpc) is 2.67. The van der Waals surface area contributed by atoms with Gasteiger partial charge in [-0.3, -0.25) is 14.7 Å². The number of likely N-dealkylation sites (N-methyl/N-ethyl adjacent to an activating group) is 1. The second kappa shape index (κ2) is 9.11. The molecule has 1 saturated heterocycles. The van der Waals surface area contributed by atoms with Crippen LogP contribution in [0, 0.1) is 6.92 Å². The number of carbonyl (C=O) groups is 1. The number of ether oxygens (including phenoxy) is 1. The number of hydrogen-bond donors (Lipinski definition) is 0. The van der Waals surface area contributed by atoms with Crippen molar-refractivity contribution in [3.05, 3.63) is 65.5 Å². The van der Waals surface area contributed by atoms with Gasteiger partial charge in [-0.1, -0.05) is 35.9 Å². The van der Waals surface area contributed by atoms with Crippen LogP contribution < -0.4 is 0 Å². The van der Waals surface area contributed by atoms with Gasteiger partial charge in [-0.15, -0.1) is 0 Å². The van der Waals surface area contributed by atoms with Gasteiger partial charge in [0.2, 0.25) is 5.91 Å². The lowest BCUT2D eigenvalue weighted by Crippen LogP contribution is -2.45. The first-order valence-electron chi connectivity index (χ1n) is 9.58. The molecule has 5 heteroatoms. The molecule has 1 aliphatic rings. The van der Waals surface area contributed by atoms with E-state index in [1.807, 2.05) is 54.2 Å². The summed E-state index contributed by atoms with van der Waals surface area (Å²) in [6.07, 6.45) is 3.71. The molecule has 144 valence electrons. The van der Waals surface area contributed by atoms with E-state index in [9.17, 15) is 4.79 Å². The zero-order valence-electron chi connectivity index (χ0n) is 16.5. The highest BCUT2D eigenvalue weighted by molar-refractivity contribution is 5.83. The molecule has 2 aromatic rings. The molecule has 0 unspecified atom stereocenters. The minimum absolute atomic E-state index is 0.175. The zero-order chi connectivity index (χ0) is 19.2. The van der Waals surface area contributed by atoms with E-state index in [0.717, 1.165) is 37.2 Å². The number of rotatable bonds is 6. The normalized spacial score (nSPS) is 16.5. The summed E-state index contributed by atoms with van der Waals surface area (Å²) in [6.45, 7) is 4.07. The first-order chi connectivity index (χ1) is 13.0. The van der Waals surface area contributed by atoms with E-state index in [1.165, 1.54) is 5.56 Å². The van der Waals surface area contributed by atoms with E-state index in [2.05, 4.69) is 24.0 Å². The maximum atomic E-state index is 13.2. The summed E-state index contributed by atoms with van der Waals surface area (Å²) in [5.41, 5.74) is 3.18. The SMILES string of the molecule is Cc1cccc([C@H](C(=O)N2CCC(OCc3ccccn3)CC2)N(C)C)c1. The summed E-state index contributed by atoms with van der Waals surface area (Å²) >= 11 is 0. The monoisotopic (exact) mass is 367 g/mol. The van der Waals surface area contributed by atoms with E-state index >= 15 is 0 Å². The number of amides is 1. The van der Waals surface area contributed by atoms with Gasteiger partial charge < -0.3 is 9.64 Å². The van der Waals surface area contributed by atoms with E-state index in [4.69, 9.17) is 4.74 Å². The van der Waals surface area contributed by atoms with Crippen molar-refractivity contribution >= 4 is 5.91 Å². The van der Waals surface area contributed by atoms with Crippen molar-refractivity contribution in [2.75, 3.05) is 27.2 Å². The van der Waals surface area contributed by atoms with Crippen molar-refractivity contribution in [3.8, 4) is 0 Å². The van der Waals surface area contributed by atoms with Gasteiger partial charge in [-0.2, -0.15) is 0 Å². The topological polar surface area (TPSA) is 45.7 Å². The van der Waals surface area contributed by atoms with Crippen LogP contribution in [0.3, 0.4) is 0 Å². The van der Waals surface area contributed by atoms with E-state index in [0.29, 0.717) is 6.61 Å². The Labute approximate surface area is 162 Å². The molecule has 1 aromatic carbocycles. The Balaban J connectivity index is 1.56. The third kappa shape index (κ3) is 5.15. The van der Waals surface area contributed by atoms with Crippen molar-refractivity contribution in [1.29, 1.82) is 0 Å². The Hall–Kier alpha value is -2.24. The fourth-order valence-electron chi connectivity index (χ4n) is 3.60. The van der Waals surface area contributed by atoms with E-state index < -0.39 is 0 Å². The second-order valence-corrected chi connectivity index (χ2v) is 7.44. The number of likely N-dealkylation sites (tertiary alicyclic amines) is 1. The summed E-state index contributed by atoms with van der Waals surface area (Å²) in [4.78, 5) is 21.4. The molecule has 1 amide bonds. The maximum absolute atomic E-state index is 13.2. The average molecular weight is 367 g/mol. The van der Waals surface area contributed by atoms with Crippen molar-refractivity contribution in [3.63, 3.8) is 0 Å². The Bertz CT molecular complexity index is 740. The third-order valence-corrected chi connectivity index (χ3v) is 5.05. The molecule has 3 rings (SSSR count). The van der Waals surface area contributed by atoms with Crippen molar-refractivity contribution in [2.24, 2.45) is 0 Å². The summed E-state index contributed by atoms with van der Waals surface area (Å²) in [7, 11) is 3.93. The largest absolute Gasteiger partial charge is 0.372 e. The summed E-state index contributed by atoms with van der Waals surface area (Å²) in [6, 6.07) is 13.8. The van der Waals surface area contributed by atoms with Gasteiger partial charge in [0.25, 0.3) is 0 Å².